The number of benzene rings is 2. The number of fused-ring (bicyclic) bond motifs is 1. The van der Waals surface area contributed by atoms with Gasteiger partial charge in [0.05, 0.1) is 21.8 Å². The van der Waals surface area contributed by atoms with E-state index in [1.165, 1.54) is 4.90 Å². The van der Waals surface area contributed by atoms with Gasteiger partial charge in [-0.15, -0.1) is 12.4 Å². The van der Waals surface area contributed by atoms with Crippen LogP contribution >= 0.6 is 35.6 Å². The van der Waals surface area contributed by atoms with Crippen LogP contribution in [0.5, 0.6) is 0 Å². The maximum atomic E-state index is 13.8. The summed E-state index contributed by atoms with van der Waals surface area (Å²) in [5.74, 6) is -1.20. The van der Waals surface area contributed by atoms with E-state index >= 15 is 0 Å². The second-order valence-electron chi connectivity index (χ2n) is 8.71. The number of anilines is 1. The number of rotatable bonds is 7. The summed E-state index contributed by atoms with van der Waals surface area (Å²) in [7, 11) is 1.68. The summed E-state index contributed by atoms with van der Waals surface area (Å²) < 4.78 is 0. The van der Waals surface area contributed by atoms with E-state index in [0.717, 1.165) is 11.1 Å². The Kier molecular flexibility index (Phi) is 10.4. The molecular formula is C25H31Cl3N4O3. The molecule has 1 aliphatic heterocycles. The van der Waals surface area contributed by atoms with Crippen molar-refractivity contribution in [1.82, 2.24) is 15.5 Å². The molecule has 3 amide bonds. The highest BCUT2D eigenvalue weighted by Crippen LogP contribution is 2.35. The second kappa shape index (κ2) is 12.6. The van der Waals surface area contributed by atoms with Crippen LogP contribution in [-0.2, 0) is 20.8 Å². The van der Waals surface area contributed by atoms with Gasteiger partial charge in [-0.05, 0) is 49.6 Å². The van der Waals surface area contributed by atoms with Crippen LogP contribution in [0.2, 0.25) is 10.0 Å². The average Bonchev–Trinajstić information content (AvgIpc) is 2.82. The minimum Gasteiger partial charge on any atom is -0.343 e. The molecule has 1 aliphatic rings. The molecule has 2 aromatic carbocycles. The molecule has 35 heavy (non-hydrogen) atoms. The molecule has 1 heterocycles. The van der Waals surface area contributed by atoms with E-state index in [-0.39, 0.29) is 30.1 Å². The highest BCUT2D eigenvalue weighted by Gasteiger charge is 2.40. The Labute approximate surface area is 222 Å². The Morgan fingerprint density at radius 1 is 1.00 bits per heavy atom. The molecule has 2 aromatic rings. The maximum Gasteiger partial charge on any atom is 0.251 e. The van der Waals surface area contributed by atoms with Gasteiger partial charge in [-0.25, -0.2) is 0 Å². The van der Waals surface area contributed by atoms with Crippen LogP contribution in [0.4, 0.5) is 5.69 Å². The minimum absolute atomic E-state index is 0. The zero-order chi connectivity index (χ0) is 25.0. The summed E-state index contributed by atoms with van der Waals surface area (Å²) in [6.07, 6.45) is 0.601. The highest BCUT2D eigenvalue weighted by molar-refractivity contribution is 6.39. The van der Waals surface area contributed by atoms with Crippen LogP contribution in [0.25, 0.3) is 0 Å². The van der Waals surface area contributed by atoms with Crippen molar-refractivity contribution in [2.24, 2.45) is 5.92 Å². The standard InChI is InChI=1S/C25H30Cl2N4O3.ClH/c1-14(2)20(29-23(32)15(3)28-4)25(34)31-13-12-16-8-5-6-9-17(16)22(31)24(33)30-21-18(26)10-7-11-19(21)27;/h5-11,14-15,20,22,28H,12-13H2,1-4H3,(H,29,32)(H,30,33);1H/t15-,20-,22-;/m0./s1. The molecule has 0 aromatic heterocycles. The molecule has 190 valence electrons. The van der Waals surface area contributed by atoms with Crippen molar-refractivity contribution in [2.75, 3.05) is 18.9 Å². The number of hydrogen-bond donors (Lipinski definition) is 3. The van der Waals surface area contributed by atoms with Crippen LogP contribution in [0, 0.1) is 5.92 Å². The Morgan fingerprint density at radius 2 is 1.63 bits per heavy atom. The second-order valence-corrected chi connectivity index (χ2v) is 9.52. The Hall–Kier alpha value is -2.32. The van der Waals surface area contributed by atoms with Gasteiger partial charge in [0.15, 0.2) is 0 Å². The van der Waals surface area contributed by atoms with E-state index in [1.54, 1.807) is 32.2 Å². The smallest absolute Gasteiger partial charge is 0.251 e. The molecule has 0 radical (unpaired) electrons. The van der Waals surface area contributed by atoms with E-state index in [2.05, 4.69) is 16.0 Å². The first kappa shape index (κ1) is 28.9. The molecular weight excluding hydrogens is 511 g/mol. The number of carbonyl (C=O) groups is 3. The summed E-state index contributed by atoms with van der Waals surface area (Å²) in [6.45, 7) is 5.79. The number of para-hydroxylation sites is 1. The first-order valence-corrected chi connectivity index (χ1v) is 12.0. The molecule has 3 atom stereocenters. The van der Waals surface area contributed by atoms with Crippen LogP contribution in [0.3, 0.4) is 0 Å². The van der Waals surface area contributed by atoms with E-state index < -0.39 is 24.0 Å². The zero-order valence-electron chi connectivity index (χ0n) is 20.1. The van der Waals surface area contributed by atoms with Gasteiger partial charge in [-0.2, -0.15) is 0 Å². The Morgan fingerprint density at radius 3 is 2.23 bits per heavy atom. The lowest BCUT2D eigenvalue weighted by molar-refractivity contribution is -0.144. The van der Waals surface area contributed by atoms with E-state index in [0.29, 0.717) is 28.7 Å². The van der Waals surface area contributed by atoms with Gasteiger partial charge in [0.25, 0.3) is 5.91 Å². The SMILES string of the molecule is CN[C@@H](C)C(=O)N[C@H](C(=O)N1CCc2ccccc2[C@H]1C(=O)Nc1c(Cl)cccc1Cl)C(C)C.Cl. The third kappa shape index (κ3) is 6.47. The summed E-state index contributed by atoms with van der Waals surface area (Å²) in [5.41, 5.74) is 2.02. The molecule has 3 rings (SSSR count). The fourth-order valence-electron chi connectivity index (χ4n) is 4.00. The number of amides is 3. The van der Waals surface area contributed by atoms with Gasteiger partial charge in [-0.1, -0.05) is 67.4 Å². The summed E-state index contributed by atoms with van der Waals surface area (Å²) >= 11 is 12.5. The molecule has 0 aliphatic carbocycles. The molecule has 3 N–H and O–H groups in total. The molecule has 0 spiro atoms. The normalized spacial score (nSPS) is 16.5. The summed E-state index contributed by atoms with van der Waals surface area (Å²) in [6, 6.07) is 10.4. The quantitative estimate of drug-likeness (QED) is 0.489. The van der Waals surface area contributed by atoms with Crippen molar-refractivity contribution >= 4 is 59.0 Å². The van der Waals surface area contributed by atoms with Gasteiger partial charge in [0, 0.05) is 6.54 Å². The minimum atomic E-state index is -0.898. The molecule has 7 nitrogen and oxygen atoms in total. The predicted octanol–water partition coefficient (Wildman–Crippen LogP) is 4.23. The molecule has 10 heteroatoms. The lowest BCUT2D eigenvalue weighted by atomic mass is 9.90. The average molecular weight is 542 g/mol. The number of hydrogen-bond acceptors (Lipinski definition) is 4. The van der Waals surface area contributed by atoms with Crippen LogP contribution in [0.15, 0.2) is 42.5 Å². The van der Waals surface area contributed by atoms with Gasteiger partial charge < -0.3 is 20.9 Å². The van der Waals surface area contributed by atoms with Crippen LogP contribution < -0.4 is 16.0 Å². The third-order valence-corrected chi connectivity index (χ3v) is 6.71. The van der Waals surface area contributed by atoms with Crippen molar-refractivity contribution in [1.29, 1.82) is 0 Å². The molecule has 0 saturated heterocycles. The first-order chi connectivity index (χ1) is 16.1. The third-order valence-electron chi connectivity index (χ3n) is 6.08. The van der Waals surface area contributed by atoms with Crippen molar-refractivity contribution in [3.05, 3.63) is 63.6 Å². The fourth-order valence-corrected chi connectivity index (χ4v) is 4.49. The number of nitrogens with zero attached hydrogens (tertiary/aromatic N) is 1. The van der Waals surface area contributed by atoms with Gasteiger partial charge >= 0.3 is 0 Å². The first-order valence-electron chi connectivity index (χ1n) is 11.3. The number of carbonyl (C=O) groups excluding carboxylic acids is 3. The van der Waals surface area contributed by atoms with Crippen molar-refractivity contribution in [2.45, 2.75) is 45.3 Å². The highest BCUT2D eigenvalue weighted by atomic mass is 35.5. The fraction of sp³-hybridized carbons (Fsp3) is 0.400. The van der Waals surface area contributed by atoms with Crippen LogP contribution in [0.1, 0.15) is 37.9 Å². The summed E-state index contributed by atoms with van der Waals surface area (Å²) in [4.78, 5) is 41.4. The number of nitrogens with one attached hydrogen (secondary N) is 3. The van der Waals surface area contributed by atoms with Gasteiger partial charge in [0.1, 0.15) is 12.1 Å². The van der Waals surface area contributed by atoms with Crippen LogP contribution in [-0.4, -0.2) is 48.3 Å². The number of halogens is 3. The van der Waals surface area contributed by atoms with Crippen molar-refractivity contribution in [3.8, 4) is 0 Å². The molecule has 0 fully saturated rings. The van der Waals surface area contributed by atoms with Crippen molar-refractivity contribution < 1.29 is 14.4 Å². The van der Waals surface area contributed by atoms with Crippen molar-refractivity contribution in [3.63, 3.8) is 0 Å². The topological polar surface area (TPSA) is 90.5 Å². The van der Waals surface area contributed by atoms with E-state index in [9.17, 15) is 14.4 Å². The largest absolute Gasteiger partial charge is 0.343 e. The van der Waals surface area contributed by atoms with E-state index in [4.69, 9.17) is 23.2 Å². The molecule has 0 bridgehead atoms. The number of likely N-dealkylation sites (N-methyl/N-ethyl adjacent to an activating group) is 1. The molecule has 0 saturated carbocycles. The van der Waals surface area contributed by atoms with Gasteiger partial charge in [0.2, 0.25) is 11.8 Å². The van der Waals surface area contributed by atoms with E-state index in [1.807, 2.05) is 38.1 Å². The Balaban J connectivity index is 0.00000432. The zero-order valence-corrected chi connectivity index (χ0v) is 22.4. The molecule has 0 unspecified atom stereocenters. The maximum absolute atomic E-state index is 13.8. The lowest BCUT2D eigenvalue weighted by Crippen LogP contribution is -2.57. The Bertz CT molecular complexity index is 1060. The summed E-state index contributed by atoms with van der Waals surface area (Å²) in [5, 5.41) is 9.15. The lowest BCUT2D eigenvalue weighted by Gasteiger charge is -2.39. The predicted molar refractivity (Wildman–Crippen MR) is 142 cm³/mol. The van der Waals surface area contributed by atoms with Gasteiger partial charge in [-0.3, -0.25) is 14.4 Å². The monoisotopic (exact) mass is 540 g/mol.